The first-order chi connectivity index (χ1) is 15.5. The van der Waals surface area contributed by atoms with Gasteiger partial charge in [0.25, 0.3) is 5.69 Å². The number of benzene rings is 4. The number of rotatable bonds is 5. The summed E-state index contributed by atoms with van der Waals surface area (Å²) in [5.41, 5.74) is 4.56. The Morgan fingerprint density at radius 2 is 1.16 bits per heavy atom. The maximum absolute atomic E-state index is 11.0. The average Bonchev–Trinajstić information content (AvgIpc) is 3.07. The lowest BCUT2D eigenvalue weighted by Crippen LogP contribution is -1.95. The van der Waals surface area contributed by atoms with E-state index in [2.05, 4.69) is 0 Å². The number of ether oxygens (including phenoxy) is 2. The Morgan fingerprint density at radius 1 is 0.719 bits per heavy atom. The van der Waals surface area contributed by atoms with Gasteiger partial charge in [0.15, 0.2) is 0 Å². The fraction of sp³-hybridized carbons (Fsp3) is 0.0769. The number of aliphatic hydroxyl groups is 1. The van der Waals surface area contributed by atoms with E-state index in [-0.39, 0.29) is 5.69 Å². The van der Waals surface area contributed by atoms with Crippen LogP contribution < -0.4 is 9.47 Å². The van der Waals surface area contributed by atoms with Crippen LogP contribution in [0.25, 0.3) is 11.1 Å². The van der Waals surface area contributed by atoms with Gasteiger partial charge in [0.1, 0.15) is 29.1 Å². The Morgan fingerprint density at radius 3 is 1.62 bits per heavy atom. The minimum atomic E-state index is -0.804. The molecule has 0 spiro atoms. The molecule has 4 aromatic rings. The first kappa shape index (κ1) is 19.8. The average molecular weight is 425 g/mol. The highest BCUT2D eigenvalue weighted by atomic mass is 16.6. The molecule has 1 N–H and O–H groups in total. The van der Waals surface area contributed by atoms with E-state index in [9.17, 15) is 15.2 Å². The molecule has 158 valence electrons. The minimum absolute atomic E-state index is 0.000774. The van der Waals surface area contributed by atoms with Crippen LogP contribution in [-0.4, -0.2) is 10.0 Å². The molecule has 6 nitrogen and oxygen atoms in total. The molecule has 1 aliphatic carbocycles. The van der Waals surface area contributed by atoms with Gasteiger partial charge >= 0.3 is 0 Å². The van der Waals surface area contributed by atoms with Gasteiger partial charge in [0, 0.05) is 12.1 Å². The van der Waals surface area contributed by atoms with Gasteiger partial charge < -0.3 is 14.6 Å². The summed E-state index contributed by atoms with van der Waals surface area (Å²) in [6.07, 6.45) is -0.804. The number of non-ortho nitro benzene ring substituents is 1. The third kappa shape index (κ3) is 3.68. The van der Waals surface area contributed by atoms with Crippen LogP contribution in [0.2, 0.25) is 0 Å². The summed E-state index contributed by atoms with van der Waals surface area (Å²) in [5.74, 6) is 2.41. The van der Waals surface area contributed by atoms with Gasteiger partial charge in [0.2, 0.25) is 0 Å². The summed E-state index contributed by atoms with van der Waals surface area (Å²) in [7, 11) is 0. The highest BCUT2D eigenvalue weighted by Gasteiger charge is 2.28. The second-order valence-corrected chi connectivity index (χ2v) is 7.67. The van der Waals surface area contributed by atoms with Gasteiger partial charge in [-0.3, -0.25) is 10.1 Å². The number of nitrogens with zero attached hydrogens (tertiary/aromatic N) is 1. The SMILES string of the molecule is Cc1ccc(Oc2ccc3c(c2)C(O)c2cc(Oc4ccc([N+](=O)[O-])cc4)ccc2-3)cc1. The molecule has 4 aromatic carbocycles. The van der Waals surface area contributed by atoms with E-state index >= 15 is 0 Å². The molecule has 5 rings (SSSR count). The lowest BCUT2D eigenvalue weighted by Gasteiger charge is -2.10. The van der Waals surface area contributed by atoms with Crippen molar-refractivity contribution in [1.82, 2.24) is 0 Å². The fourth-order valence-corrected chi connectivity index (χ4v) is 3.83. The van der Waals surface area contributed by atoms with Gasteiger partial charge in [-0.25, -0.2) is 0 Å². The van der Waals surface area contributed by atoms with Crippen LogP contribution in [0, 0.1) is 17.0 Å². The molecule has 0 aliphatic heterocycles. The number of fused-ring (bicyclic) bond motifs is 3. The Balaban J connectivity index is 1.38. The Kier molecular flexibility index (Phi) is 4.84. The number of aliphatic hydroxyl groups excluding tert-OH is 1. The number of hydrogen-bond donors (Lipinski definition) is 1. The second-order valence-electron chi connectivity index (χ2n) is 7.67. The molecule has 0 amide bonds. The quantitative estimate of drug-likeness (QED) is 0.290. The van der Waals surface area contributed by atoms with Crippen LogP contribution in [0.3, 0.4) is 0 Å². The lowest BCUT2D eigenvalue weighted by molar-refractivity contribution is -0.384. The molecule has 32 heavy (non-hydrogen) atoms. The van der Waals surface area contributed by atoms with Crippen molar-refractivity contribution in [2.24, 2.45) is 0 Å². The molecule has 0 saturated carbocycles. The molecule has 6 heteroatoms. The van der Waals surface area contributed by atoms with E-state index in [4.69, 9.17) is 9.47 Å². The van der Waals surface area contributed by atoms with Crippen molar-refractivity contribution >= 4 is 5.69 Å². The fourth-order valence-electron chi connectivity index (χ4n) is 3.83. The van der Waals surface area contributed by atoms with Crippen molar-refractivity contribution in [3.8, 4) is 34.1 Å². The summed E-state index contributed by atoms with van der Waals surface area (Å²) in [6, 6.07) is 24.9. The third-order valence-corrected chi connectivity index (χ3v) is 5.47. The van der Waals surface area contributed by atoms with Crippen molar-refractivity contribution < 1.29 is 19.5 Å². The zero-order valence-corrected chi connectivity index (χ0v) is 17.2. The summed E-state index contributed by atoms with van der Waals surface area (Å²) < 4.78 is 11.8. The van der Waals surface area contributed by atoms with E-state index < -0.39 is 11.0 Å². The van der Waals surface area contributed by atoms with Gasteiger partial charge in [0.05, 0.1) is 4.92 Å². The highest BCUT2D eigenvalue weighted by molar-refractivity contribution is 5.79. The van der Waals surface area contributed by atoms with Crippen molar-refractivity contribution in [2.75, 3.05) is 0 Å². The van der Waals surface area contributed by atoms with Crippen LogP contribution in [0.4, 0.5) is 5.69 Å². The van der Waals surface area contributed by atoms with E-state index in [1.807, 2.05) is 61.5 Å². The van der Waals surface area contributed by atoms with E-state index in [0.717, 1.165) is 33.6 Å². The van der Waals surface area contributed by atoms with Crippen LogP contribution in [0.1, 0.15) is 22.8 Å². The minimum Gasteiger partial charge on any atom is -0.457 e. The first-order valence-corrected chi connectivity index (χ1v) is 10.1. The van der Waals surface area contributed by atoms with Crippen LogP contribution in [0.15, 0.2) is 84.9 Å². The Labute approximate surface area is 184 Å². The van der Waals surface area contributed by atoms with E-state index in [0.29, 0.717) is 17.2 Å². The maximum atomic E-state index is 11.0. The predicted molar refractivity (Wildman–Crippen MR) is 120 cm³/mol. The molecule has 0 radical (unpaired) electrons. The zero-order valence-electron chi connectivity index (χ0n) is 17.2. The van der Waals surface area contributed by atoms with Crippen LogP contribution in [0.5, 0.6) is 23.0 Å². The largest absolute Gasteiger partial charge is 0.457 e. The third-order valence-electron chi connectivity index (χ3n) is 5.47. The predicted octanol–water partition coefficient (Wildman–Crippen LogP) is 6.55. The maximum Gasteiger partial charge on any atom is 0.269 e. The number of hydrogen-bond acceptors (Lipinski definition) is 5. The molecule has 0 saturated heterocycles. The summed E-state index contributed by atoms with van der Waals surface area (Å²) >= 11 is 0. The normalized spacial score (nSPS) is 13.9. The molecule has 0 aromatic heterocycles. The topological polar surface area (TPSA) is 81.8 Å². The molecular formula is C26H19NO5. The van der Waals surface area contributed by atoms with Crippen molar-refractivity contribution in [2.45, 2.75) is 13.0 Å². The van der Waals surface area contributed by atoms with Gasteiger partial charge in [-0.05, 0) is 77.7 Å². The number of nitro benzene ring substituents is 1. The van der Waals surface area contributed by atoms with Crippen LogP contribution >= 0.6 is 0 Å². The van der Waals surface area contributed by atoms with E-state index in [1.165, 1.54) is 12.1 Å². The molecule has 0 fully saturated rings. The molecule has 1 aliphatic rings. The van der Waals surface area contributed by atoms with Gasteiger partial charge in [-0.1, -0.05) is 29.8 Å². The first-order valence-electron chi connectivity index (χ1n) is 10.1. The molecule has 0 heterocycles. The van der Waals surface area contributed by atoms with Crippen LogP contribution in [-0.2, 0) is 0 Å². The highest BCUT2D eigenvalue weighted by Crippen LogP contribution is 2.46. The van der Waals surface area contributed by atoms with Crippen molar-refractivity contribution in [1.29, 1.82) is 0 Å². The lowest BCUT2D eigenvalue weighted by atomic mass is 10.1. The van der Waals surface area contributed by atoms with Gasteiger partial charge in [-0.15, -0.1) is 0 Å². The zero-order chi connectivity index (χ0) is 22.2. The summed E-state index contributed by atoms with van der Waals surface area (Å²) in [4.78, 5) is 10.4. The standard InChI is InChI=1S/C26H19NO5/c1-16-2-6-18(7-3-16)31-20-10-12-22-23-13-11-21(15-25(23)26(28)24(22)14-20)32-19-8-4-17(5-9-19)27(29)30/h2-15,26,28H,1H3. The Hall–Kier alpha value is -4.16. The molecule has 1 atom stereocenters. The smallest absolute Gasteiger partial charge is 0.269 e. The van der Waals surface area contributed by atoms with Gasteiger partial charge in [-0.2, -0.15) is 0 Å². The summed E-state index contributed by atoms with van der Waals surface area (Å²) in [6.45, 7) is 2.02. The van der Waals surface area contributed by atoms with E-state index in [1.54, 1.807) is 18.2 Å². The molecule has 0 bridgehead atoms. The number of aryl methyl sites for hydroxylation is 1. The monoisotopic (exact) mass is 425 g/mol. The van der Waals surface area contributed by atoms with Crippen molar-refractivity contribution in [3.05, 3.63) is 112 Å². The summed E-state index contributed by atoms with van der Waals surface area (Å²) in [5, 5.41) is 21.8. The number of nitro groups is 1. The molecule has 1 unspecified atom stereocenters. The molecular weight excluding hydrogens is 406 g/mol. The second kappa shape index (κ2) is 7.83. The Bertz CT molecular complexity index is 1310. The van der Waals surface area contributed by atoms with Crippen molar-refractivity contribution in [3.63, 3.8) is 0 Å².